The fourth-order valence-corrected chi connectivity index (χ4v) is 1.51. The Labute approximate surface area is 111 Å². The van der Waals surface area contributed by atoms with Crippen molar-refractivity contribution in [3.05, 3.63) is 35.1 Å². The number of carbonyl (C=O) groups is 1. The van der Waals surface area contributed by atoms with E-state index < -0.39 is 11.7 Å². The molecule has 1 aromatic rings. The number of benzene rings is 1. The zero-order chi connectivity index (χ0) is 14.3. The second-order valence-electron chi connectivity index (χ2n) is 3.98. The molecule has 4 nitrogen and oxygen atoms in total. The minimum Gasteiger partial charge on any atom is -0.384 e. The molecule has 1 aromatic carbocycles. The van der Waals surface area contributed by atoms with Crippen LogP contribution in [0.3, 0.4) is 0 Å². The van der Waals surface area contributed by atoms with E-state index in [0.717, 1.165) is 0 Å². The molecule has 0 aliphatic carbocycles. The third-order valence-electron chi connectivity index (χ3n) is 2.32. The van der Waals surface area contributed by atoms with Crippen molar-refractivity contribution in [2.24, 2.45) is 0 Å². The quantitative estimate of drug-likeness (QED) is 0.796. The first-order valence-electron chi connectivity index (χ1n) is 5.77. The number of halogens is 1. The van der Waals surface area contributed by atoms with Crippen LogP contribution in [-0.2, 0) is 4.74 Å². The summed E-state index contributed by atoms with van der Waals surface area (Å²) in [7, 11) is 1.52. The zero-order valence-electron chi connectivity index (χ0n) is 10.9. The van der Waals surface area contributed by atoms with E-state index in [1.807, 2.05) is 0 Å². The van der Waals surface area contributed by atoms with E-state index in [9.17, 15) is 9.18 Å². The summed E-state index contributed by atoms with van der Waals surface area (Å²) in [5.41, 5.74) is 0.396. The van der Waals surface area contributed by atoms with Gasteiger partial charge in [-0.1, -0.05) is 11.8 Å². The number of ether oxygens (including phenoxy) is 1. The molecular weight excluding hydrogens is 249 g/mol. The molecule has 0 bridgehead atoms. The predicted molar refractivity (Wildman–Crippen MR) is 69.2 cm³/mol. The molecule has 1 unspecified atom stereocenters. The van der Waals surface area contributed by atoms with E-state index in [2.05, 4.69) is 17.2 Å². The first-order valence-corrected chi connectivity index (χ1v) is 5.77. The SMILES string of the molecule is COCC(C)NC(=O)c1cc(C#CCO)ccc1F. The summed E-state index contributed by atoms with van der Waals surface area (Å²) in [6, 6.07) is 3.77. The number of hydrogen-bond donors (Lipinski definition) is 2. The molecule has 0 heterocycles. The Morgan fingerprint density at radius 2 is 2.32 bits per heavy atom. The van der Waals surface area contributed by atoms with E-state index in [1.54, 1.807) is 6.92 Å². The van der Waals surface area contributed by atoms with Crippen LogP contribution in [0, 0.1) is 17.7 Å². The van der Waals surface area contributed by atoms with Crippen LogP contribution >= 0.6 is 0 Å². The molecule has 5 heteroatoms. The van der Waals surface area contributed by atoms with Crippen molar-refractivity contribution in [3.63, 3.8) is 0 Å². The molecule has 2 N–H and O–H groups in total. The van der Waals surface area contributed by atoms with Gasteiger partial charge >= 0.3 is 0 Å². The highest BCUT2D eigenvalue weighted by molar-refractivity contribution is 5.95. The lowest BCUT2D eigenvalue weighted by Crippen LogP contribution is -2.36. The smallest absolute Gasteiger partial charge is 0.254 e. The van der Waals surface area contributed by atoms with Gasteiger partial charge in [0.15, 0.2) is 0 Å². The maximum atomic E-state index is 13.6. The fourth-order valence-electron chi connectivity index (χ4n) is 1.51. The van der Waals surface area contributed by atoms with E-state index in [4.69, 9.17) is 9.84 Å². The zero-order valence-corrected chi connectivity index (χ0v) is 10.9. The summed E-state index contributed by atoms with van der Waals surface area (Å²) >= 11 is 0. The number of rotatable bonds is 4. The average molecular weight is 265 g/mol. The molecular formula is C14H16FNO3. The highest BCUT2D eigenvalue weighted by atomic mass is 19.1. The van der Waals surface area contributed by atoms with Crippen LogP contribution in [-0.4, -0.2) is 37.4 Å². The molecule has 0 aromatic heterocycles. The van der Waals surface area contributed by atoms with Crippen LogP contribution in [0.5, 0.6) is 0 Å². The lowest BCUT2D eigenvalue weighted by Gasteiger charge is -2.13. The minimum absolute atomic E-state index is 0.0762. The van der Waals surface area contributed by atoms with Crippen molar-refractivity contribution >= 4 is 5.91 Å². The summed E-state index contributed by atoms with van der Waals surface area (Å²) in [4.78, 5) is 11.9. The van der Waals surface area contributed by atoms with Crippen molar-refractivity contribution in [2.45, 2.75) is 13.0 Å². The largest absolute Gasteiger partial charge is 0.384 e. The number of aliphatic hydroxyl groups excluding tert-OH is 1. The Bertz CT molecular complexity index is 505. The maximum Gasteiger partial charge on any atom is 0.254 e. The van der Waals surface area contributed by atoms with Crippen LogP contribution in [0.4, 0.5) is 4.39 Å². The summed E-state index contributed by atoms with van der Waals surface area (Å²) in [6.07, 6.45) is 0. The van der Waals surface area contributed by atoms with Crippen molar-refractivity contribution in [1.82, 2.24) is 5.32 Å². The number of nitrogens with one attached hydrogen (secondary N) is 1. The van der Waals surface area contributed by atoms with E-state index in [-0.39, 0.29) is 18.2 Å². The number of aliphatic hydroxyl groups is 1. The molecule has 0 aliphatic rings. The number of amides is 1. The van der Waals surface area contributed by atoms with Gasteiger partial charge in [0.2, 0.25) is 0 Å². The Hall–Kier alpha value is -1.90. The Morgan fingerprint density at radius 1 is 1.58 bits per heavy atom. The van der Waals surface area contributed by atoms with Crippen LogP contribution < -0.4 is 5.32 Å². The lowest BCUT2D eigenvalue weighted by molar-refractivity contribution is 0.0901. The van der Waals surface area contributed by atoms with Gasteiger partial charge in [-0.05, 0) is 25.1 Å². The van der Waals surface area contributed by atoms with Gasteiger partial charge in [-0.2, -0.15) is 0 Å². The molecule has 0 spiro atoms. The van der Waals surface area contributed by atoms with Crippen LogP contribution in [0.25, 0.3) is 0 Å². The fraction of sp³-hybridized carbons (Fsp3) is 0.357. The topological polar surface area (TPSA) is 58.6 Å². The molecule has 1 amide bonds. The van der Waals surface area contributed by atoms with Crippen LogP contribution in [0.2, 0.25) is 0 Å². The third-order valence-corrected chi connectivity index (χ3v) is 2.32. The van der Waals surface area contributed by atoms with Gasteiger partial charge in [0, 0.05) is 18.7 Å². The van der Waals surface area contributed by atoms with Crippen LogP contribution in [0.15, 0.2) is 18.2 Å². The summed E-state index contributed by atoms with van der Waals surface area (Å²) < 4.78 is 18.5. The highest BCUT2D eigenvalue weighted by Gasteiger charge is 2.14. The third kappa shape index (κ3) is 4.70. The molecule has 102 valence electrons. The number of methoxy groups -OCH3 is 1. The Balaban J connectivity index is 2.89. The van der Waals surface area contributed by atoms with Crippen molar-refractivity contribution in [3.8, 4) is 11.8 Å². The second kappa shape index (κ2) is 7.52. The normalized spacial score (nSPS) is 11.4. The van der Waals surface area contributed by atoms with Gasteiger partial charge in [-0.25, -0.2) is 4.39 Å². The van der Waals surface area contributed by atoms with Crippen LogP contribution in [0.1, 0.15) is 22.8 Å². The number of hydrogen-bond acceptors (Lipinski definition) is 3. The monoisotopic (exact) mass is 265 g/mol. The Morgan fingerprint density at radius 3 is 2.95 bits per heavy atom. The standard InChI is InChI=1S/C14H16FNO3/c1-10(9-19-2)16-14(18)12-8-11(4-3-7-17)5-6-13(12)15/h5-6,8,10,17H,7,9H2,1-2H3,(H,16,18). The van der Waals surface area contributed by atoms with Gasteiger partial charge in [0.25, 0.3) is 5.91 Å². The van der Waals surface area contributed by atoms with Crippen molar-refractivity contribution in [1.29, 1.82) is 0 Å². The molecule has 0 saturated carbocycles. The van der Waals surface area contributed by atoms with Gasteiger partial charge < -0.3 is 15.2 Å². The molecule has 0 aliphatic heterocycles. The molecule has 0 radical (unpaired) electrons. The first kappa shape index (κ1) is 15.2. The molecule has 0 saturated heterocycles. The first-order chi connectivity index (χ1) is 9.08. The lowest BCUT2D eigenvalue weighted by atomic mass is 10.1. The van der Waals surface area contributed by atoms with E-state index >= 15 is 0 Å². The maximum absolute atomic E-state index is 13.6. The van der Waals surface area contributed by atoms with Gasteiger partial charge in [0.1, 0.15) is 12.4 Å². The number of carbonyl (C=O) groups excluding carboxylic acids is 1. The van der Waals surface area contributed by atoms with E-state index in [1.165, 1.54) is 25.3 Å². The second-order valence-corrected chi connectivity index (χ2v) is 3.98. The molecule has 1 atom stereocenters. The predicted octanol–water partition coefficient (Wildman–Crippen LogP) is 0.934. The molecule has 0 fully saturated rings. The van der Waals surface area contributed by atoms with Crippen molar-refractivity contribution < 1.29 is 19.0 Å². The molecule has 19 heavy (non-hydrogen) atoms. The van der Waals surface area contributed by atoms with Gasteiger partial charge in [-0.15, -0.1) is 0 Å². The summed E-state index contributed by atoms with van der Waals surface area (Å²) in [6.45, 7) is 1.82. The van der Waals surface area contributed by atoms with Crippen molar-refractivity contribution in [2.75, 3.05) is 20.3 Å². The van der Waals surface area contributed by atoms with Gasteiger partial charge in [-0.3, -0.25) is 4.79 Å². The van der Waals surface area contributed by atoms with E-state index in [0.29, 0.717) is 12.2 Å². The average Bonchev–Trinajstić information content (AvgIpc) is 2.37. The summed E-state index contributed by atoms with van der Waals surface area (Å²) in [5.74, 6) is 3.93. The van der Waals surface area contributed by atoms with Gasteiger partial charge in [0.05, 0.1) is 12.2 Å². The minimum atomic E-state index is -0.614. The summed E-state index contributed by atoms with van der Waals surface area (Å²) in [5, 5.41) is 11.2. The Kier molecular flexibility index (Phi) is 6.00. The molecule has 1 rings (SSSR count). The highest BCUT2D eigenvalue weighted by Crippen LogP contribution is 2.10.